The molecular formula is C20H18N2O4. The third kappa shape index (κ3) is 3.01. The Morgan fingerprint density at radius 1 is 1.12 bits per heavy atom. The van der Waals surface area contributed by atoms with Crippen molar-refractivity contribution in [1.29, 1.82) is 0 Å². The molecule has 2 aromatic carbocycles. The molecule has 132 valence electrons. The van der Waals surface area contributed by atoms with Crippen molar-refractivity contribution in [2.24, 2.45) is 0 Å². The van der Waals surface area contributed by atoms with Gasteiger partial charge in [-0.05, 0) is 30.2 Å². The molecule has 1 fully saturated rings. The SMILES string of the molecule is O=C(OCc1ccccc1)N(c1ccccc1)N1C(=O)O[C@@H]2C=CC[C@@H]21. The first-order valence-electron chi connectivity index (χ1n) is 8.46. The van der Waals surface area contributed by atoms with Crippen molar-refractivity contribution in [2.45, 2.75) is 25.2 Å². The van der Waals surface area contributed by atoms with E-state index in [-0.39, 0.29) is 18.8 Å². The number of hydrogen-bond acceptors (Lipinski definition) is 4. The van der Waals surface area contributed by atoms with Gasteiger partial charge in [0.25, 0.3) is 0 Å². The van der Waals surface area contributed by atoms with Crippen molar-refractivity contribution >= 4 is 17.9 Å². The van der Waals surface area contributed by atoms with E-state index in [1.807, 2.05) is 48.6 Å². The second-order valence-corrected chi connectivity index (χ2v) is 6.11. The molecule has 2 atom stereocenters. The molecule has 0 saturated carbocycles. The topological polar surface area (TPSA) is 59.1 Å². The molecule has 2 aliphatic rings. The van der Waals surface area contributed by atoms with Crippen molar-refractivity contribution in [3.8, 4) is 0 Å². The predicted octanol–water partition coefficient (Wildman–Crippen LogP) is 3.89. The lowest BCUT2D eigenvalue weighted by Gasteiger charge is -2.32. The highest BCUT2D eigenvalue weighted by molar-refractivity contribution is 5.91. The van der Waals surface area contributed by atoms with Crippen molar-refractivity contribution in [3.05, 3.63) is 78.4 Å². The lowest BCUT2D eigenvalue weighted by Crippen LogP contribution is -2.52. The minimum atomic E-state index is -0.621. The van der Waals surface area contributed by atoms with Crippen LogP contribution in [0.4, 0.5) is 15.3 Å². The standard InChI is InChI=1S/C20H18N2O4/c23-19(25-14-15-8-3-1-4-9-15)21(16-10-5-2-6-11-16)22-17-12-7-13-18(17)26-20(22)24/h1-11,13,17-18H,12,14H2/t17-,18+/m0/s1. The van der Waals surface area contributed by atoms with E-state index in [9.17, 15) is 9.59 Å². The van der Waals surface area contributed by atoms with Gasteiger partial charge in [-0.2, -0.15) is 5.01 Å². The second-order valence-electron chi connectivity index (χ2n) is 6.11. The fourth-order valence-electron chi connectivity index (χ4n) is 3.17. The Bertz CT molecular complexity index is 822. The number of hydrazine groups is 1. The van der Waals surface area contributed by atoms with Crippen LogP contribution in [0.1, 0.15) is 12.0 Å². The van der Waals surface area contributed by atoms with E-state index in [2.05, 4.69) is 0 Å². The molecule has 1 saturated heterocycles. The number of para-hydroxylation sites is 1. The molecule has 6 nitrogen and oxygen atoms in total. The molecule has 0 aromatic heterocycles. The quantitative estimate of drug-likeness (QED) is 0.785. The monoisotopic (exact) mass is 350 g/mol. The fourth-order valence-corrected chi connectivity index (χ4v) is 3.17. The number of fused-ring (bicyclic) bond motifs is 1. The Morgan fingerprint density at radius 2 is 1.81 bits per heavy atom. The van der Waals surface area contributed by atoms with Crippen LogP contribution in [0.5, 0.6) is 0 Å². The Kier molecular flexibility index (Phi) is 4.31. The lowest BCUT2D eigenvalue weighted by atomic mass is 10.2. The molecule has 26 heavy (non-hydrogen) atoms. The summed E-state index contributed by atoms with van der Waals surface area (Å²) < 4.78 is 10.8. The van der Waals surface area contributed by atoms with E-state index in [1.165, 1.54) is 10.0 Å². The zero-order chi connectivity index (χ0) is 17.9. The van der Waals surface area contributed by atoms with E-state index >= 15 is 0 Å². The molecule has 1 aliphatic heterocycles. The Hall–Kier alpha value is -3.28. The van der Waals surface area contributed by atoms with Gasteiger partial charge in [0.05, 0.1) is 5.69 Å². The maximum atomic E-state index is 12.9. The molecule has 6 heteroatoms. The van der Waals surface area contributed by atoms with Gasteiger partial charge in [0.2, 0.25) is 0 Å². The number of ether oxygens (including phenoxy) is 2. The number of carbonyl (C=O) groups excluding carboxylic acids is 2. The maximum absolute atomic E-state index is 12.9. The number of carbonyl (C=O) groups is 2. The molecule has 0 radical (unpaired) electrons. The van der Waals surface area contributed by atoms with E-state index < -0.39 is 12.2 Å². The zero-order valence-corrected chi connectivity index (χ0v) is 14.0. The van der Waals surface area contributed by atoms with Crippen LogP contribution in [0.3, 0.4) is 0 Å². The van der Waals surface area contributed by atoms with Gasteiger partial charge in [-0.3, -0.25) is 0 Å². The number of hydrogen-bond donors (Lipinski definition) is 0. The van der Waals surface area contributed by atoms with Crippen molar-refractivity contribution in [3.63, 3.8) is 0 Å². The number of nitrogens with zero attached hydrogens (tertiary/aromatic N) is 2. The molecular weight excluding hydrogens is 332 g/mol. The molecule has 2 aromatic rings. The Morgan fingerprint density at radius 3 is 2.54 bits per heavy atom. The summed E-state index contributed by atoms with van der Waals surface area (Å²) >= 11 is 0. The van der Waals surface area contributed by atoms with Gasteiger partial charge in [0.1, 0.15) is 18.8 Å². The predicted molar refractivity (Wildman–Crippen MR) is 95.2 cm³/mol. The van der Waals surface area contributed by atoms with Crippen LogP contribution in [0.2, 0.25) is 0 Å². The van der Waals surface area contributed by atoms with Crippen LogP contribution < -0.4 is 5.01 Å². The summed E-state index contributed by atoms with van der Waals surface area (Å²) in [6.07, 6.45) is 2.92. The molecule has 0 bridgehead atoms. The Balaban J connectivity index is 1.59. The van der Waals surface area contributed by atoms with Gasteiger partial charge in [0.15, 0.2) is 0 Å². The molecule has 1 aliphatic carbocycles. The average Bonchev–Trinajstić information content (AvgIpc) is 3.24. The first-order valence-corrected chi connectivity index (χ1v) is 8.46. The molecule has 0 unspecified atom stereocenters. The highest BCUT2D eigenvalue weighted by atomic mass is 16.6. The van der Waals surface area contributed by atoms with Crippen molar-refractivity contribution in [2.75, 3.05) is 5.01 Å². The summed E-state index contributed by atoms with van der Waals surface area (Å²) in [5, 5.41) is 2.62. The summed E-state index contributed by atoms with van der Waals surface area (Å²) in [7, 11) is 0. The largest absolute Gasteiger partial charge is 0.443 e. The minimum absolute atomic E-state index is 0.123. The highest BCUT2D eigenvalue weighted by Crippen LogP contribution is 2.32. The molecule has 2 amide bonds. The first kappa shape index (κ1) is 16.2. The average molecular weight is 350 g/mol. The molecule has 0 N–H and O–H groups in total. The van der Waals surface area contributed by atoms with Gasteiger partial charge in [-0.25, -0.2) is 14.6 Å². The molecule has 1 heterocycles. The Labute approximate surface area is 151 Å². The smallest absolute Gasteiger partial charge is 0.434 e. The number of benzene rings is 2. The van der Waals surface area contributed by atoms with Gasteiger partial charge >= 0.3 is 12.2 Å². The number of amides is 2. The van der Waals surface area contributed by atoms with Crippen LogP contribution in [-0.2, 0) is 16.1 Å². The molecule has 0 spiro atoms. The molecule has 4 rings (SSSR count). The number of rotatable bonds is 4. The second kappa shape index (κ2) is 6.92. The number of anilines is 1. The maximum Gasteiger partial charge on any atom is 0.434 e. The van der Waals surface area contributed by atoms with Crippen LogP contribution in [0, 0.1) is 0 Å². The van der Waals surface area contributed by atoms with Gasteiger partial charge in [0, 0.05) is 0 Å². The van der Waals surface area contributed by atoms with Gasteiger partial charge in [-0.15, -0.1) is 0 Å². The third-order valence-corrected chi connectivity index (χ3v) is 4.41. The van der Waals surface area contributed by atoms with E-state index in [0.717, 1.165) is 5.56 Å². The van der Waals surface area contributed by atoms with Crippen molar-refractivity contribution < 1.29 is 19.1 Å². The summed E-state index contributed by atoms with van der Waals surface area (Å²) in [6.45, 7) is 0.123. The fraction of sp³-hybridized carbons (Fsp3) is 0.200. The van der Waals surface area contributed by atoms with E-state index in [0.29, 0.717) is 12.1 Å². The van der Waals surface area contributed by atoms with Crippen LogP contribution in [0.25, 0.3) is 0 Å². The lowest BCUT2D eigenvalue weighted by molar-refractivity contribution is 0.118. The first-order chi connectivity index (χ1) is 12.7. The summed E-state index contributed by atoms with van der Waals surface area (Å²) in [5.74, 6) is 0. The van der Waals surface area contributed by atoms with Crippen molar-refractivity contribution in [1.82, 2.24) is 5.01 Å². The van der Waals surface area contributed by atoms with E-state index in [4.69, 9.17) is 9.47 Å². The van der Waals surface area contributed by atoms with Crippen LogP contribution in [-0.4, -0.2) is 29.3 Å². The van der Waals surface area contributed by atoms with E-state index in [1.54, 1.807) is 24.3 Å². The van der Waals surface area contributed by atoms with Gasteiger partial charge in [-0.1, -0.05) is 54.6 Å². The normalized spacial score (nSPS) is 20.6. The summed E-state index contributed by atoms with van der Waals surface area (Å²) in [5.41, 5.74) is 1.42. The summed E-state index contributed by atoms with van der Waals surface area (Å²) in [6, 6.07) is 18.1. The zero-order valence-electron chi connectivity index (χ0n) is 14.0. The van der Waals surface area contributed by atoms with Gasteiger partial charge < -0.3 is 9.47 Å². The van der Waals surface area contributed by atoms with Crippen LogP contribution in [0.15, 0.2) is 72.8 Å². The highest BCUT2D eigenvalue weighted by Gasteiger charge is 2.47. The van der Waals surface area contributed by atoms with Crippen LogP contribution >= 0.6 is 0 Å². The minimum Gasteiger partial charge on any atom is -0.443 e. The summed E-state index contributed by atoms with van der Waals surface area (Å²) in [4.78, 5) is 25.3. The third-order valence-electron chi connectivity index (χ3n) is 4.41.